The molecule has 92 valence electrons. The lowest BCUT2D eigenvalue weighted by molar-refractivity contribution is 0.352. The van der Waals surface area contributed by atoms with Crippen LogP contribution in [0.15, 0.2) is 18.2 Å². The van der Waals surface area contributed by atoms with E-state index in [1.807, 2.05) is 0 Å². The van der Waals surface area contributed by atoms with Crippen molar-refractivity contribution in [2.45, 2.75) is 37.8 Å². The first-order valence-corrected chi connectivity index (χ1v) is 6.59. The van der Waals surface area contributed by atoms with Crippen molar-refractivity contribution in [1.82, 2.24) is 5.32 Å². The standard InChI is InChI=1S/C14H20N2O/c15-14(12-3-1-2-7-16-12)11-4-5-13-10(9-11)6-8-17-13/h4-5,9,12,14,16H,1-3,6-8,15H2. The molecule has 0 aliphatic carbocycles. The van der Waals surface area contributed by atoms with Gasteiger partial charge in [-0.05, 0) is 36.6 Å². The first-order valence-electron chi connectivity index (χ1n) is 6.59. The Morgan fingerprint density at radius 3 is 3.12 bits per heavy atom. The summed E-state index contributed by atoms with van der Waals surface area (Å²) in [5.41, 5.74) is 8.92. The van der Waals surface area contributed by atoms with Crippen molar-refractivity contribution >= 4 is 0 Å². The molecular weight excluding hydrogens is 212 g/mol. The Balaban J connectivity index is 1.78. The zero-order chi connectivity index (χ0) is 11.7. The van der Waals surface area contributed by atoms with Gasteiger partial charge in [-0.2, -0.15) is 0 Å². The van der Waals surface area contributed by atoms with Crippen molar-refractivity contribution in [3.63, 3.8) is 0 Å². The Kier molecular flexibility index (Phi) is 3.04. The molecule has 0 spiro atoms. The second kappa shape index (κ2) is 4.67. The average molecular weight is 232 g/mol. The predicted molar refractivity (Wildman–Crippen MR) is 68.2 cm³/mol. The minimum Gasteiger partial charge on any atom is -0.493 e. The maximum absolute atomic E-state index is 6.36. The Labute approximate surface area is 102 Å². The van der Waals surface area contributed by atoms with E-state index in [4.69, 9.17) is 10.5 Å². The quantitative estimate of drug-likeness (QED) is 0.817. The lowest BCUT2D eigenvalue weighted by Crippen LogP contribution is -2.42. The van der Waals surface area contributed by atoms with Crippen LogP contribution in [-0.4, -0.2) is 19.2 Å². The highest BCUT2D eigenvalue weighted by molar-refractivity contribution is 5.41. The van der Waals surface area contributed by atoms with E-state index < -0.39 is 0 Å². The molecule has 1 aromatic carbocycles. The van der Waals surface area contributed by atoms with Crippen LogP contribution in [0.2, 0.25) is 0 Å². The fourth-order valence-electron chi connectivity index (χ4n) is 2.83. The van der Waals surface area contributed by atoms with Gasteiger partial charge in [0.2, 0.25) is 0 Å². The molecule has 0 bridgehead atoms. The molecule has 2 aliphatic heterocycles. The summed E-state index contributed by atoms with van der Waals surface area (Å²) in [6.07, 6.45) is 4.78. The Morgan fingerprint density at radius 1 is 1.35 bits per heavy atom. The zero-order valence-electron chi connectivity index (χ0n) is 10.1. The average Bonchev–Trinajstić information content (AvgIpc) is 2.86. The van der Waals surface area contributed by atoms with Crippen molar-refractivity contribution < 1.29 is 4.74 Å². The third kappa shape index (κ3) is 2.17. The van der Waals surface area contributed by atoms with Gasteiger partial charge in [0.15, 0.2) is 0 Å². The summed E-state index contributed by atoms with van der Waals surface area (Å²) in [6, 6.07) is 6.96. The topological polar surface area (TPSA) is 47.3 Å². The number of hydrogen-bond acceptors (Lipinski definition) is 3. The fraction of sp³-hybridized carbons (Fsp3) is 0.571. The van der Waals surface area contributed by atoms with E-state index in [2.05, 4.69) is 23.5 Å². The van der Waals surface area contributed by atoms with E-state index in [0.29, 0.717) is 6.04 Å². The van der Waals surface area contributed by atoms with Crippen LogP contribution in [0.25, 0.3) is 0 Å². The first-order chi connectivity index (χ1) is 8.34. The summed E-state index contributed by atoms with van der Waals surface area (Å²) in [5.74, 6) is 1.04. The molecule has 1 aromatic rings. The van der Waals surface area contributed by atoms with Gasteiger partial charge in [-0.25, -0.2) is 0 Å². The minimum absolute atomic E-state index is 0.112. The number of nitrogens with one attached hydrogen (secondary N) is 1. The predicted octanol–water partition coefficient (Wildman–Crippen LogP) is 1.76. The van der Waals surface area contributed by atoms with Crippen molar-refractivity contribution in [2.75, 3.05) is 13.2 Å². The molecule has 2 unspecified atom stereocenters. The molecule has 3 N–H and O–H groups in total. The van der Waals surface area contributed by atoms with Gasteiger partial charge >= 0.3 is 0 Å². The van der Waals surface area contributed by atoms with Gasteiger partial charge in [0.05, 0.1) is 6.61 Å². The summed E-state index contributed by atoms with van der Waals surface area (Å²) in [5, 5.41) is 3.53. The number of fused-ring (bicyclic) bond motifs is 1. The Hall–Kier alpha value is -1.06. The van der Waals surface area contributed by atoms with Crippen LogP contribution < -0.4 is 15.8 Å². The smallest absolute Gasteiger partial charge is 0.122 e. The molecule has 2 aliphatic rings. The maximum Gasteiger partial charge on any atom is 0.122 e. The summed E-state index contributed by atoms with van der Waals surface area (Å²) in [4.78, 5) is 0. The number of hydrogen-bond donors (Lipinski definition) is 2. The molecule has 0 radical (unpaired) electrons. The molecule has 17 heavy (non-hydrogen) atoms. The van der Waals surface area contributed by atoms with E-state index in [9.17, 15) is 0 Å². The van der Waals surface area contributed by atoms with Gasteiger partial charge in [0.1, 0.15) is 5.75 Å². The van der Waals surface area contributed by atoms with Crippen molar-refractivity contribution in [2.24, 2.45) is 5.73 Å². The van der Waals surface area contributed by atoms with E-state index in [1.165, 1.54) is 30.4 Å². The summed E-state index contributed by atoms with van der Waals surface area (Å²) < 4.78 is 5.52. The molecular formula is C14H20N2O. The van der Waals surface area contributed by atoms with Gasteiger partial charge in [-0.1, -0.05) is 18.6 Å². The van der Waals surface area contributed by atoms with Gasteiger partial charge in [-0.3, -0.25) is 0 Å². The summed E-state index contributed by atoms with van der Waals surface area (Å²) in [6.45, 7) is 1.92. The largest absolute Gasteiger partial charge is 0.493 e. The number of benzene rings is 1. The molecule has 0 amide bonds. The van der Waals surface area contributed by atoms with Crippen LogP contribution in [0.5, 0.6) is 5.75 Å². The second-order valence-electron chi connectivity index (χ2n) is 5.05. The maximum atomic E-state index is 6.36. The highest BCUT2D eigenvalue weighted by Crippen LogP contribution is 2.29. The van der Waals surface area contributed by atoms with Crippen LogP contribution in [0.1, 0.15) is 36.4 Å². The molecule has 3 rings (SSSR count). The molecule has 0 saturated carbocycles. The van der Waals surface area contributed by atoms with Crippen LogP contribution in [-0.2, 0) is 6.42 Å². The van der Waals surface area contributed by atoms with E-state index in [-0.39, 0.29) is 6.04 Å². The van der Waals surface area contributed by atoms with Crippen LogP contribution in [0.3, 0.4) is 0 Å². The lowest BCUT2D eigenvalue weighted by Gasteiger charge is -2.29. The van der Waals surface area contributed by atoms with Gasteiger partial charge in [-0.15, -0.1) is 0 Å². The van der Waals surface area contributed by atoms with Crippen LogP contribution in [0, 0.1) is 0 Å². The van der Waals surface area contributed by atoms with Crippen LogP contribution >= 0.6 is 0 Å². The number of ether oxygens (including phenoxy) is 1. The molecule has 0 aromatic heterocycles. The third-order valence-corrected chi connectivity index (χ3v) is 3.88. The molecule has 2 heterocycles. The highest BCUT2D eigenvalue weighted by Gasteiger charge is 2.22. The normalized spacial score (nSPS) is 25.1. The molecule has 3 heteroatoms. The molecule has 1 fully saturated rings. The highest BCUT2D eigenvalue weighted by atomic mass is 16.5. The van der Waals surface area contributed by atoms with Crippen molar-refractivity contribution in [1.29, 1.82) is 0 Å². The second-order valence-corrected chi connectivity index (χ2v) is 5.05. The molecule has 1 saturated heterocycles. The van der Waals surface area contributed by atoms with Gasteiger partial charge in [0.25, 0.3) is 0 Å². The van der Waals surface area contributed by atoms with E-state index >= 15 is 0 Å². The SMILES string of the molecule is NC(c1ccc2c(c1)CCO2)C1CCCCN1. The minimum atomic E-state index is 0.112. The molecule has 3 nitrogen and oxygen atoms in total. The van der Waals surface area contributed by atoms with E-state index in [1.54, 1.807) is 0 Å². The van der Waals surface area contributed by atoms with Gasteiger partial charge < -0.3 is 15.8 Å². The van der Waals surface area contributed by atoms with Crippen molar-refractivity contribution in [3.05, 3.63) is 29.3 Å². The lowest BCUT2D eigenvalue weighted by atomic mass is 9.92. The van der Waals surface area contributed by atoms with Crippen molar-refractivity contribution in [3.8, 4) is 5.75 Å². The number of rotatable bonds is 2. The zero-order valence-corrected chi connectivity index (χ0v) is 10.1. The fourth-order valence-corrected chi connectivity index (χ4v) is 2.83. The Bertz CT molecular complexity index is 399. The first kappa shape index (κ1) is 11.1. The van der Waals surface area contributed by atoms with Crippen LogP contribution in [0.4, 0.5) is 0 Å². The number of nitrogens with two attached hydrogens (primary N) is 1. The third-order valence-electron chi connectivity index (χ3n) is 3.88. The van der Waals surface area contributed by atoms with Gasteiger partial charge in [0, 0.05) is 18.5 Å². The van der Waals surface area contributed by atoms with E-state index in [0.717, 1.165) is 25.3 Å². The number of piperidine rings is 1. The Morgan fingerprint density at radius 2 is 2.29 bits per heavy atom. The monoisotopic (exact) mass is 232 g/mol. The summed E-state index contributed by atoms with van der Waals surface area (Å²) >= 11 is 0. The summed E-state index contributed by atoms with van der Waals surface area (Å²) in [7, 11) is 0. The molecule has 2 atom stereocenters.